The van der Waals surface area contributed by atoms with Crippen molar-refractivity contribution in [1.82, 2.24) is 5.32 Å². The predicted molar refractivity (Wildman–Crippen MR) is 74.3 cm³/mol. The molecule has 1 rings (SSSR count). The Morgan fingerprint density at radius 1 is 1.35 bits per heavy atom. The molecular weight excluding hydrogens is 210 g/mol. The summed E-state index contributed by atoms with van der Waals surface area (Å²) in [5, 5.41) is 3.62. The van der Waals surface area contributed by atoms with E-state index in [9.17, 15) is 0 Å². The van der Waals surface area contributed by atoms with Gasteiger partial charge in [0.15, 0.2) is 0 Å². The standard InChI is InChI=1S/C15H29NO/c1-5-16-14(12-15(2,3)17-4)13-10-8-6-7-9-11-13/h10,14,16H,5-9,11-12H2,1-4H3. The van der Waals surface area contributed by atoms with E-state index in [1.54, 1.807) is 5.57 Å². The van der Waals surface area contributed by atoms with Crippen LogP contribution in [0.25, 0.3) is 0 Å². The van der Waals surface area contributed by atoms with Crippen LogP contribution in [0.15, 0.2) is 11.6 Å². The topological polar surface area (TPSA) is 21.3 Å². The molecule has 1 N–H and O–H groups in total. The highest BCUT2D eigenvalue weighted by atomic mass is 16.5. The number of hydrogen-bond donors (Lipinski definition) is 1. The van der Waals surface area contributed by atoms with Gasteiger partial charge in [0.25, 0.3) is 0 Å². The zero-order valence-corrected chi connectivity index (χ0v) is 12.0. The van der Waals surface area contributed by atoms with Gasteiger partial charge < -0.3 is 10.1 Å². The molecule has 0 aliphatic heterocycles. The van der Waals surface area contributed by atoms with Crippen LogP contribution in [0, 0.1) is 0 Å². The molecule has 2 nitrogen and oxygen atoms in total. The highest BCUT2D eigenvalue weighted by Gasteiger charge is 2.24. The van der Waals surface area contributed by atoms with Gasteiger partial charge in [-0.25, -0.2) is 0 Å². The zero-order valence-electron chi connectivity index (χ0n) is 12.0. The van der Waals surface area contributed by atoms with Crippen LogP contribution in [0.1, 0.15) is 59.3 Å². The average Bonchev–Trinajstić information content (AvgIpc) is 2.57. The first-order valence-electron chi connectivity index (χ1n) is 7.06. The van der Waals surface area contributed by atoms with E-state index in [0.29, 0.717) is 6.04 Å². The van der Waals surface area contributed by atoms with Crippen molar-refractivity contribution in [2.24, 2.45) is 0 Å². The summed E-state index contributed by atoms with van der Waals surface area (Å²) in [5.74, 6) is 0. The van der Waals surface area contributed by atoms with Crippen molar-refractivity contribution >= 4 is 0 Å². The van der Waals surface area contributed by atoms with Crippen LogP contribution in [0.3, 0.4) is 0 Å². The van der Waals surface area contributed by atoms with Gasteiger partial charge in [-0.3, -0.25) is 0 Å². The fourth-order valence-corrected chi connectivity index (χ4v) is 2.51. The summed E-state index contributed by atoms with van der Waals surface area (Å²) in [6.07, 6.45) is 10.1. The molecule has 0 radical (unpaired) electrons. The van der Waals surface area contributed by atoms with Crippen LogP contribution < -0.4 is 5.32 Å². The lowest BCUT2D eigenvalue weighted by atomic mass is 9.91. The molecule has 0 aromatic carbocycles. The molecule has 1 atom stereocenters. The van der Waals surface area contributed by atoms with Crippen molar-refractivity contribution in [1.29, 1.82) is 0 Å². The number of rotatable bonds is 6. The van der Waals surface area contributed by atoms with Gasteiger partial charge in [0.2, 0.25) is 0 Å². The molecule has 1 aliphatic carbocycles. The summed E-state index contributed by atoms with van der Waals surface area (Å²) >= 11 is 0. The summed E-state index contributed by atoms with van der Waals surface area (Å²) in [7, 11) is 1.81. The lowest BCUT2D eigenvalue weighted by Gasteiger charge is -2.30. The van der Waals surface area contributed by atoms with Crippen molar-refractivity contribution in [3.8, 4) is 0 Å². The lowest BCUT2D eigenvalue weighted by molar-refractivity contribution is 0.00978. The molecule has 0 heterocycles. The molecule has 0 fully saturated rings. The van der Waals surface area contributed by atoms with Crippen molar-refractivity contribution in [3.05, 3.63) is 11.6 Å². The van der Waals surface area contributed by atoms with Gasteiger partial charge in [0, 0.05) is 13.2 Å². The molecule has 0 bridgehead atoms. The van der Waals surface area contributed by atoms with E-state index in [1.165, 1.54) is 32.1 Å². The van der Waals surface area contributed by atoms with Gasteiger partial charge in [-0.2, -0.15) is 0 Å². The maximum absolute atomic E-state index is 5.57. The summed E-state index contributed by atoms with van der Waals surface area (Å²) in [6.45, 7) is 7.56. The first-order valence-corrected chi connectivity index (χ1v) is 7.06. The van der Waals surface area contributed by atoms with Crippen LogP contribution in [0.4, 0.5) is 0 Å². The molecule has 0 aromatic heterocycles. The smallest absolute Gasteiger partial charge is 0.0640 e. The Kier molecular flexibility index (Phi) is 6.21. The highest BCUT2D eigenvalue weighted by Crippen LogP contribution is 2.26. The third kappa shape index (κ3) is 5.22. The van der Waals surface area contributed by atoms with Gasteiger partial charge in [0.05, 0.1) is 5.60 Å². The molecule has 0 aromatic rings. The molecule has 1 aliphatic rings. The predicted octanol–water partition coefficient (Wildman–Crippen LogP) is 3.67. The lowest BCUT2D eigenvalue weighted by Crippen LogP contribution is -2.38. The first-order chi connectivity index (χ1) is 8.09. The normalized spacial score (nSPS) is 19.6. The minimum atomic E-state index is -0.0417. The zero-order chi connectivity index (χ0) is 12.7. The van der Waals surface area contributed by atoms with E-state index in [0.717, 1.165) is 13.0 Å². The Bertz CT molecular complexity index is 245. The second-order valence-corrected chi connectivity index (χ2v) is 5.66. The van der Waals surface area contributed by atoms with Crippen molar-refractivity contribution in [3.63, 3.8) is 0 Å². The molecule has 1 unspecified atom stereocenters. The summed E-state index contributed by atoms with van der Waals surface area (Å²) in [5.41, 5.74) is 1.56. The van der Waals surface area contributed by atoms with E-state index in [4.69, 9.17) is 4.74 Å². The fourth-order valence-electron chi connectivity index (χ4n) is 2.51. The van der Waals surface area contributed by atoms with Crippen LogP contribution in [-0.2, 0) is 4.74 Å². The number of ether oxygens (including phenoxy) is 1. The number of likely N-dealkylation sites (N-methyl/N-ethyl adjacent to an activating group) is 1. The van der Waals surface area contributed by atoms with Gasteiger partial charge >= 0.3 is 0 Å². The van der Waals surface area contributed by atoms with E-state index < -0.39 is 0 Å². The maximum atomic E-state index is 5.57. The van der Waals surface area contributed by atoms with E-state index in [1.807, 2.05) is 7.11 Å². The monoisotopic (exact) mass is 239 g/mol. The Hall–Kier alpha value is -0.340. The minimum absolute atomic E-state index is 0.0417. The highest BCUT2D eigenvalue weighted by molar-refractivity contribution is 5.13. The van der Waals surface area contributed by atoms with Gasteiger partial charge in [-0.15, -0.1) is 0 Å². The van der Waals surface area contributed by atoms with Crippen LogP contribution in [0.5, 0.6) is 0 Å². The van der Waals surface area contributed by atoms with Crippen molar-refractivity contribution in [2.45, 2.75) is 70.9 Å². The van der Waals surface area contributed by atoms with E-state index in [-0.39, 0.29) is 5.60 Å². The molecule has 0 saturated carbocycles. The molecule has 2 heteroatoms. The second-order valence-electron chi connectivity index (χ2n) is 5.66. The van der Waals surface area contributed by atoms with Crippen LogP contribution in [-0.4, -0.2) is 25.3 Å². The van der Waals surface area contributed by atoms with E-state index in [2.05, 4.69) is 32.2 Å². The minimum Gasteiger partial charge on any atom is -0.379 e. The third-order valence-electron chi connectivity index (χ3n) is 3.72. The van der Waals surface area contributed by atoms with Gasteiger partial charge in [-0.05, 0) is 52.5 Å². The molecule has 0 spiro atoms. The maximum Gasteiger partial charge on any atom is 0.0640 e. The number of nitrogens with one attached hydrogen (secondary N) is 1. The first kappa shape index (κ1) is 14.7. The largest absolute Gasteiger partial charge is 0.379 e. The molecular formula is C15H29NO. The van der Waals surface area contributed by atoms with Gasteiger partial charge in [-0.1, -0.05) is 25.0 Å². The number of methoxy groups -OCH3 is 1. The Morgan fingerprint density at radius 2 is 2.12 bits per heavy atom. The molecule has 0 saturated heterocycles. The number of allylic oxidation sites excluding steroid dienone is 1. The van der Waals surface area contributed by atoms with E-state index >= 15 is 0 Å². The molecule has 0 amide bonds. The van der Waals surface area contributed by atoms with Crippen molar-refractivity contribution in [2.75, 3.05) is 13.7 Å². The second kappa shape index (κ2) is 7.17. The Balaban J connectivity index is 2.66. The summed E-state index contributed by atoms with van der Waals surface area (Å²) < 4.78 is 5.57. The Morgan fingerprint density at radius 3 is 2.76 bits per heavy atom. The van der Waals surface area contributed by atoms with Crippen LogP contribution >= 0.6 is 0 Å². The molecule has 17 heavy (non-hydrogen) atoms. The van der Waals surface area contributed by atoms with Crippen molar-refractivity contribution < 1.29 is 4.74 Å². The third-order valence-corrected chi connectivity index (χ3v) is 3.72. The SMILES string of the molecule is CCNC(CC(C)(C)OC)C1=CCCCCC1. The Labute approximate surface area is 107 Å². The fraction of sp³-hybridized carbons (Fsp3) is 0.867. The summed E-state index contributed by atoms with van der Waals surface area (Å²) in [4.78, 5) is 0. The van der Waals surface area contributed by atoms with Crippen LogP contribution in [0.2, 0.25) is 0 Å². The number of hydrogen-bond acceptors (Lipinski definition) is 2. The quantitative estimate of drug-likeness (QED) is 0.714. The molecule has 100 valence electrons. The van der Waals surface area contributed by atoms with Gasteiger partial charge in [0.1, 0.15) is 0 Å². The average molecular weight is 239 g/mol. The summed E-state index contributed by atoms with van der Waals surface area (Å²) in [6, 6.07) is 0.494.